The van der Waals surface area contributed by atoms with E-state index in [2.05, 4.69) is 15.5 Å². The van der Waals surface area contributed by atoms with E-state index in [4.69, 9.17) is 4.74 Å². The summed E-state index contributed by atoms with van der Waals surface area (Å²) in [4.78, 5) is 12.3. The Morgan fingerprint density at radius 1 is 1.16 bits per heavy atom. The van der Waals surface area contributed by atoms with Crippen LogP contribution < -0.4 is 14.4 Å². The number of hydrogen-bond donors (Lipinski definition) is 1. The van der Waals surface area contributed by atoms with Gasteiger partial charge in [-0.25, -0.2) is 8.42 Å². The topological polar surface area (TPSA) is 101 Å². The molecule has 0 aliphatic rings. The molecule has 164 valence electrons. The van der Waals surface area contributed by atoms with Crippen molar-refractivity contribution >= 4 is 38.1 Å². The molecule has 31 heavy (non-hydrogen) atoms. The summed E-state index contributed by atoms with van der Waals surface area (Å²) < 4.78 is 30.8. The first-order valence-corrected chi connectivity index (χ1v) is 12.2. The van der Waals surface area contributed by atoms with Crippen LogP contribution in [0.15, 0.2) is 48.5 Å². The summed E-state index contributed by atoms with van der Waals surface area (Å²) in [6.45, 7) is 2.11. The molecule has 2 aromatic carbocycles. The Morgan fingerprint density at radius 2 is 1.90 bits per heavy atom. The number of carbonyl (C=O) groups excluding carboxylic acids is 1. The van der Waals surface area contributed by atoms with E-state index < -0.39 is 10.0 Å². The molecule has 10 heteroatoms. The molecule has 0 bridgehead atoms. The summed E-state index contributed by atoms with van der Waals surface area (Å²) in [7, 11) is -1.85. The molecule has 0 saturated heterocycles. The van der Waals surface area contributed by atoms with Gasteiger partial charge in [0.2, 0.25) is 21.1 Å². The molecule has 0 atom stereocenters. The molecular formula is C21H24N4O4S2. The summed E-state index contributed by atoms with van der Waals surface area (Å²) in [5.74, 6) is 0.505. The number of nitrogens with one attached hydrogen (secondary N) is 1. The van der Waals surface area contributed by atoms with E-state index in [0.29, 0.717) is 22.2 Å². The van der Waals surface area contributed by atoms with Crippen LogP contribution in [0.5, 0.6) is 5.75 Å². The fourth-order valence-electron chi connectivity index (χ4n) is 2.96. The number of aromatic nitrogens is 2. The fourth-order valence-corrected chi connectivity index (χ4v) is 4.68. The van der Waals surface area contributed by atoms with Gasteiger partial charge in [-0.05, 0) is 55.3 Å². The third kappa shape index (κ3) is 6.25. The SMILES string of the molecule is COc1ccc(-c2nnc(NC(=O)CCCN(c3cccc(C)c3)S(C)(=O)=O)s2)cc1. The Hall–Kier alpha value is -2.98. The molecule has 0 saturated carbocycles. The average molecular weight is 461 g/mol. The van der Waals surface area contributed by atoms with Gasteiger partial charge in [-0.2, -0.15) is 0 Å². The van der Waals surface area contributed by atoms with E-state index in [-0.39, 0.29) is 18.9 Å². The molecule has 0 radical (unpaired) electrons. The van der Waals surface area contributed by atoms with Crippen molar-refractivity contribution in [1.29, 1.82) is 0 Å². The Labute approximate surface area is 185 Å². The number of aryl methyl sites for hydroxylation is 1. The zero-order valence-corrected chi connectivity index (χ0v) is 19.2. The molecule has 3 rings (SSSR count). The van der Waals surface area contributed by atoms with Crippen molar-refractivity contribution in [2.45, 2.75) is 19.8 Å². The molecule has 3 aromatic rings. The van der Waals surface area contributed by atoms with Crippen molar-refractivity contribution in [1.82, 2.24) is 10.2 Å². The third-order valence-corrected chi connectivity index (χ3v) is 6.55. The standard InChI is InChI=1S/C21H24N4O4S2/c1-15-6-4-7-17(14-15)25(31(3,27)28)13-5-8-19(26)22-21-24-23-20(30-21)16-9-11-18(29-2)12-10-16/h4,6-7,9-12,14H,5,8,13H2,1-3H3,(H,22,24,26). The minimum atomic E-state index is -3.45. The van der Waals surface area contributed by atoms with E-state index in [1.165, 1.54) is 15.6 Å². The Kier molecular flexibility index (Phi) is 7.24. The van der Waals surface area contributed by atoms with E-state index in [9.17, 15) is 13.2 Å². The van der Waals surface area contributed by atoms with Gasteiger partial charge in [0.05, 0.1) is 19.1 Å². The molecule has 0 aliphatic heterocycles. The molecule has 0 spiro atoms. The van der Waals surface area contributed by atoms with E-state index in [1.54, 1.807) is 13.2 Å². The number of hydrogen-bond acceptors (Lipinski definition) is 7. The number of ether oxygens (including phenoxy) is 1. The van der Waals surface area contributed by atoms with E-state index in [1.807, 2.05) is 49.4 Å². The highest BCUT2D eigenvalue weighted by molar-refractivity contribution is 7.92. The maximum Gasteiger partial charge on any atom is 0.232 e. The van der Waals surface area contributed by atoms with Gasteiger partial charge in [0, 0.05) is 18.5 Å². The van der Waals surface area contributed by atoms with Crippen LogP contribution in [0.3, 0.4) is 0 Å². The smallest absolute Gasteiger partial charge is 0.232 e. The van der Waals surface area contributed by atoms with Crippen molar-refractivity contribution < 1.29 is 17.9 Å². The van der Waals surface area contributed by atoms with Crippen molar-refractivity contribution in [2.24, 2.45) is 0 Å². The van der Waals surface area contributed by atoms with Gasteiger partial charge in [0.25, 0.3) is 0 Å². The van der Waals surface area contributed by atoms with Crippen LogP contribution in [0.2, 0.25) is 0 Å². The highest BCUT2D eigenvalue weighted by Crippen LogP contribution is 2.28. The molecule has 8 nitrogen and oxygen atoms in total. The molecule has 1 amide bonds. The lowest BCUT2D eigenvalue weighted by molar-refractivity contribution is -0.116. The zero-order valence-electron chi connectivity index (χ0n) is 17.5. The second-order valence-electron chi connectivity index (χ2n) is 6.97. The van der Waals surface area contributed by atoms with Crippen LogP contribution >= 0.6 is 11.3 Å². The quantitative estimate of drug-likeness (QED) is 0.522. The molecule has 0 unspecified atom stereocenters. The number of sulfonamides is 1. The normalized spacial score (nSPS) is 11.2. The van der Waals surface area contributed by atoms with Crippen LogP contribution in [0.25, 0.3) is 10.6 Å². The van der Waals surface area contributed by atoms with E-state index >= 15 is 0 Å². The zero-order chi connectivity index (χ0) is 22.4. The number of benzene rings is 2. The number of carbonyl (C=O) groups is 1. The second-order valence-corrected chi connectivity index (χ2v) is 9.85. The number of amides is 1. The first kappa shape index (κ1) is 22.7. The highest BCUT2D eigenvalue weighted by atomic mass is 32.2. The average Bonchev–Trinajstić information content (AvgIpc) is 3.18. The predicted octanol–water partition coefficient (Wildman–Crippen LogP) is 3.71. The maximum atomic E-state index is 12.3. The maximum absolute atomic E-state index is 12.3. The lowest BCUT2D eigenvalue weighted by Gasteiger charge is -2.22. The van der Waals surface area contributed by atoms with E-state index in [0.717, 1.165) is 23.1 Å². The number of rotatable bonds is 9. The first-order valence-electron chi connectivity index (χ1n) is 9.58. The van der Waals surface area contributed by atoms with Gasteiger partial charge in [0.15, 0.2) is 0 Å². The van der Waals surface area contributed by atoms with Gasteiger partial charge in [-0.3, -0.25) is 9.10 Å². The van der Waals surface area contributed by atoms with Gasteiger partial charge >= 0.3 is 0 Å². The molecule has 1 N–H and O–H groups in total. The minimum absolute atomic E-state index is 0.162. The van der Waals surface area contributed by atoms with Crippen molar-refractivity contribution in [3.8, 4) is 16.3 Å². The lowest BCUT2D eigenvalue weighted by atomic mass is 10.2. The largest absolute Gasteiger partial charge is 0.497 e. The van der Waals surface area contributed by atoms with Crippen molar-refractivity contribution in [2.75, 3.05) is 29.5 Å². The second kappa shape index (κ2) is 9.88. The van der Waals surface area contributed by atoms with Gasteiger partial charge in [-0.1, -0.05) is 23.5 Å². The van der Waals surface area contributed by atoms with Crippen molar-refractivity contribution in [3.05, 3.63) is 54.1 Å². The van der Waals surface area contributed by atoms with Crippen molar-refractivity contribution in [3.63, 3.8) is 0 Å². The van der Waals surface area contributed by atoms with Crippen LogP contribution in [-0.2, 0) is 14.8 Å². The Morgan fingerprint density at radius 3 is 2.55 bits per heavy atom. The van der Waals surface area contributed by atoms with Crippen LogP contribution in [0.4, 0.5) is 10.8 Å². The molecular weight excluding hydrogens is 436 g/mol. The summed E-state index contributed by atoms with van der Waals surface area (Å²) in [5.41, 5.74) is 2.43. The predicted molar refractivity (Wildman–Crippen MR) is 123 cm³/mol. The number of methoxy groups -OCH3 is 1. The van der Waals surface area contributed by atoms with Crippen LogP contribution in [-0.4, -0.2) is 44.4 Å². The summed E-state index contributed by atoms with van der Waals surface area (Å²) in [6, 6.07) is 14.7. The lowest BCUT2D eigenvalue weighted by Crippen LogP contribution is -2.31. The van der Waals surface area contributed by atoms with Gasteiger partial charge in [-0.15, -0.1) is 10.2 Å². The summed E-state index contributed by atoms with van der Waals surface area (Å²) in [5, 5.41) is 11.9. The third-order valence-electron chi connectivity index (χ3n) is 4.46. The molecule has 0 aliphatic carbocycles. The molecule has 0 fully saturated rings. The van der Waals surface area contributed by atoms with Crippen LogP contribution in [0.1, 0.15) is 18.4 Å². The monoisotopic (exact) mass is 460 g/mol. The Balaban J connectivity index is 1.56. The summed E-state index contributed by atoms with van der Waals surface area (Å²) >= 11 is 1.27. The van der Waals surface area contributed by atoms with Gasteiger partial charge in [0.1, 0.15) is 10.8 Å². The number of nitrogens with zero attached hydrogens (tertiary/aromatic N) is 3. The highest BCUT2D eigenvalue weighted by Gasteiger charge is 2.18. The molecule has 1 heterocycles. The van der Waals surface area contributed by atoms with Crippen LogP contribution in [0, 0.1) is 6.92 Å². The number of anilines is 2. The minimum Gasteiger partial charge on any atom is -0.497 e. The molecule has 1 aromatic heterocycles. The first-order chi connectivity index (χ1) is 14.8. The summed E-state index contributed by atoms with van der Waals surface area (Å²) in [6.07, 6.45) is 1.70. The van der Waals surface area contributed by atoms with Gasteiger partial charge < -0.3 is 10.1 Å². The fraction of sp³-hybridized carbons (Fsp3) is 0.286. The Bertz CT molecular complexity index is 1140.